The van der Waals surface area contributed by atoms with Gasteiger partial charge >= 0.3 is 6.18 Å². The lowest BCUT2D eigenvalue weighted by Crippen LogP contribution is -2.44. The highest BCUT2D eigenvalue weighted by Crippen LogP contribution is 2.37. The van der Waals surface area contributed by atoms with Crippen LogP contribution in [0.3, 0.4) is 0 Å². The lowest BCUT2D eigenvalue weighted by Gasteiger charge is -2.30. The second-order valence-electron chi connectivity index (χ2n) is 5.81. The fraction of sp³-hybridized carbons (Fsp3) is 0.533. The maximum atomic E-state index is 12.6. The van der Waals surface area contributed by atoms with Gasteiger partial charge in [0.15, 0.2) is 0 Å². The molecule has 3 nitrogen and oxygen atoms in total. The summed E-state index contributed by atoms with van der Waals surface area (Å²) in [7, 11) is 0. The number of hydrogen-bond acceptors (Lipinski definition) is 2. The molecule has 2 unspecified atom stereocenters. The third kappa shape index (κ3) is 3.37. The van der Waals surface area contributed by atoms with E-state index in [1.54, 1.807) is 0 Å². The molecule has 0 saturated heterocycles. The molecule has 1 fully saturated rings. The van der Waals surface area contributed by atoms with E-state index in [1.807, 2.05) is 6.92 Å². The van der Waals surface area contributed by atoms with Crippen molar-refractivity contribution in [2.75, 3.05) is 6.61 Å². The first-order chi connectivity index (χ1) is 9.76. The molecule has 0 spiro atoms. The quantitative estimate of drug-likeness (QED) is 0.901. The molecule has 21 heavy (non-hydrogen) atoms. The van der Waals surface area contributed by atoms with Crippen LogP contribution < -0.4 is 5.32 Å². The third-order valence-corrected chi connectivity index (χ3v) is 4.20. The lowest BCUT2D eigenvalue weighted by molar-refractivity contribution is -0.137. The molecule has 6 heteroatoms. The first-order valence-electron chi connectivity index (χ1n) is 6.85. The van der Waals surface area contributed by atoms with Crippen molar-refractivity contribution < 1.29 is 23.1 Å². The average molecular weight is 301 g/mol. The second kappa shape index (κ2) is 5.67. The van der Waals surface area contributed by atoms with E-state index in [2.05, 4.69) is 5.32 Å². The highest BCUT2D eigenvalue weighted by Gasteiger charge is 2.39. The smallest absolute Gasteiger partial charge is 0.396 e. The first-order valence-corrected chi connectivity index (χ1v) is 6.85. The van der Waals surface area contributed by atoms with Crippen LogP contribution in [-0.2, 0) is 6.18 Å². The predicted octanol–water partition coefficient (Wildman–Crippen LogP) is 2.99. The van der Waals surface area contributed by atoms with Gasteiger partial charge in [0.2, 0.25) is 0 Å². The van der Waals surface area contributed by atoms with Crippen LogP contribution in [0.1, 0.15) is 42.1 Å². The minimum absolute atomic E-state index is 0.0167. The van der Waals surface area contributed by atoms with Crippen molar-refractivity contribution in [2.24, 2.45) is 5.41 Å². The zero-order valence-electron chi connectivity index (χ0n) is 11.7. The van der Waals surface area contributed by atoms with Crippen LogP contribution in [0.15, 0.2) is 24.3 Å². The van der Waals surface area contributed by atoms with Gasteiger partial charge in [-0.1, -0.05) is 19.4 Å². The Morgan fingerprint density at radius 2 is 2.19 bits per heavy atom. The number of benzene rings is 1. The van der Waals surface area contributed by atoms with Crippen molar-refractivity contribution in [3.63, 3.8) is 0 Å². The SMILES string of the molecule is CC1(CO)CCCC1NC(=O)c1cccc(C(F)(F)F)c1. The van der Waals surface area contributed by atoms with E-state index in [4.69, 9.17) is 0 Å². The number of halogens is 3. The number of amides is 1. The predicted molar refractivity (Wildman–Crippen MR) is 71.7 cm³/mol. The molecule has 0 heterocycles. The largest absolute Gasteiger partial charge is 0.416 e. The van der Waals surface area contributed by atoms with Gasteiger partial charge in [0.1, 0.15) is 0 Å². The Kier molecular flexibility index (Phi) is 4.27. The van der Waals surface area contributed by atoms with Crippen LogP contribution in [0.25, 0.3) is 0 Å². The molecular weight excluding hydrogens is 283 g/mol. The Labute approximate surface area is 121 Å². The van der Waals surface area contributed by atoms with Crippen molar-refractivity contribution in [2.45, 2.75) is 38.4 Å². The summed E-state index contributed by atoms with van der Waals surface area (Å²) in [5.41, 5.74) is -1.26. The normalized spacial score (nSPS) is 25.9. The topological polar surface area (TPSA) is 49.3 Å². The lowest BCUT2D eigenvalue weighted by atomic mass is 9.85. The number of carbonyl (C=O) groups excluding carboxylic acids is 1. The molecule has 1 aromatic rings. The van der Waals surface area contributed by atoms with Gasteiger partial charge in [0.05, 0.1) is 12.2 Å². The van der Waals surface area contributed by atoms with Gasteiger partial charge in [-0.25, -0.2) is 0 Å². The van der Waals surface area contributed by atoms with Gasteiger partial charge in [0, 0.05) is 17.0 Å². The Morgan fingerprint density at radius 1 is 1.48 bits per heavy atom. The van der Waals surface area contributed by atoms with Crippen LogP contribution >= 0.6 is 0 Å². The summed E-state index contributed by atoms with van der Waals surface area (Å²) in [6.45, 7) is 1.82. The van der Waals surface area contributed by atoms with E-state index in [0.717, 1.165) is 31.4 Å². The zero-order chi connectivity index (χ0) is 15.7. The van der Waals surface area contributed by atoms with Gasteiger partial charge in [-0.05, 0) is 31.0 Å². The molecule has 1 amide bonds. The first kappa shape index (κ1) is 15.8. The molecule has 1 aliphatic rings. The van der Waals surface area contributed by atoms with Crippen molar-refractivity contribution >= 4 is 5.91 Å². The summed E-state index contributed by atoms with van der Waals surface area (Å²) in [6.07, 6.45) is -2.08. The van der Waals surface area contributed by atoms with Crippen molar-refractivity contribution in [1.82, 2.24) is 5.32 Å². The Bertz CT molecular complexity index is 530. The van der Waals surface area contributed by atoms with Crippen LogP contribution in [0.4, 0.5) is 13.2 Å². The van der Waals surface area contributed by atoms with Crippen molar-refractivity contribution in [3.05, 3.63) is 35.4 Å². The van der Waals surface area contributed by atoms with E-state index >= 15 is 0 Å². The fourth-order valence-corrected chi connectivity index (χ4v) is 2.75. The monoisotopic (exact) mass is 301 g/mol. The molecule has 0 radical (unpaired) electrons. The summed E-state index contributed by atoms with van der Waals surface area (Å²) < 4.78 is 37.9. The Morgan fingerprint density at radius 3 is 2.81 bits per heavy atom. The van der Waals surface area contributed by atoms with Crippen LogP contribution in [0, 0.1) is 5.41 Å². The third-order valence-electron chi connectivity index (χ3n) is 4.20. The van der Waals surface area contributed by atoms with Crippen molar-refractivity contribution in [1.29, 1.82) is 0 Å². The molecular formula is C15H18F3NO2. The number of nitrogens with one attached hydrogen (secondary N) is 1. The maximum absolute atomic E-state index is 12.6. The number of rotatable bonds is 3. The standard InChI is InChI=1S/C15H18F3NO2/c1-14(9-20)7-3-6-12(14)19-13(21)10-4-2-5-11(8-10)15(16,17)18/h2,4-5,8,12,20H,3,6-7,9H2,1H3,(H,19,21). The van der Waals surface area contributed by atoms with Crippen LogP contribution in [0.5, 0.6) is 0 Å². The summed E-state index contributed by atoms with van der Waals surface area (Å²) in [6, 6.07) is 4.14. The van der Waals surface area contributed by atoms with E-state index in [-0.39, 0.29) is 18.2 Å². The minimum atomic E-state index is -4.47. The van der Waals surface area contributed by atoms with Gasteiger partial charge in [-0.15, -0.1) is 0 Å². The molecule has 0 bridgehead atoms. The molecule has 1 saturated carbocycles. The van der Waals surface area contributed by atoms with Crippen molar-refractivity contribution in [3.8, 4) is 0 Å². The van der Waals surface area contributed by atoms with Gasteiger partial charge in [-0.2, -0.15) is 13.2 Å². The number of alkyl halides is 3. The molecule has 1 aromatic carbocycles. The van der Waals surface area contributed by atoms with E-state index in [9.17, 15) is 23.1 Å². The minimum Gasteiger partial charge on any atom is -0.396 e. The highest BCUT2D eigenvalue weighted by molar-refractivity contribution is 5.94. The van der Waals surface area contributed by atoms with Gasteiger partial charge in [-0.3, -0.25) is 4.79 Å². The molecule has 1 aliphatic carbocycles. The Hall–Kier alpha value is -1.56. The molecule has 2 rings (SSSR count). The number of aliphatic hydroxyl groups is 1. The van der Waals surface area contributed by atoms with E-state index < -0.39 is 23.1 Å². The summed E-state index contributed by atoms with van der Waals surface area (Å²) >= 11 is 0. The van der Waals surface area contributed by atoms with E-state index in [0.29, 0.717) is 0 Å². The molecule has 2 N–H and O–H groups in total. The van der Waals surface area contributed by atoms with E-state index in [1.165, 1.54) is 12.1 Å². The Balaban J connectivity index is 2.14. The average Bonchev–Trinajstić information content (AvgIpc) is 2.80. The fourth-order valence-electron chi connectivity index (χ4n) is 2.75. The number of aliphatic hydroxyl groups excluding tert-OH is 1. The maximum Gasteiger partial charge on any atom is 0.416 e. The number of hydrogen-bond donors (Lipinski definition) is 2. The molecule has 2 atom stereocenters. The van der Waals surface area contributed by atoms with Crippen LogP contribution in [-0.4, -0.2) is 23.7 Å². The summed E-state index contributed by atoms with van der Waals surface area (Å²) in [5, 5.41) is 12.2. The van der Waals surface area contributed by atoms with Crippen LogP contribution in [0.2, 0.25) is 0 Å². The summed E-state index contributed by atoms with van der Waals surface area (Å²) in [5.74, 6) is -0.535. The zero-order valence-corrected chi connectivity index (χ0v) is 11.7. The molecule has 116 valence electrons. The van der Waals surface area contributed by atoms with Gasteiger partial charge in [0.25, 0.3) is 5.91 Å². The molecule has 0 aliphatic heterocycles. The number of carbonyl (C=O) groups is 1. The highest BCUT2D eigenvalue weighted by atomic mass is 19.4. The molecule has 0 aromatic heterocycles. The summed E-state index contributed by atoms with van der Waals surface area (Å²) in [4.78, 5) is 12.1. The van der Waals surface area contributed by atoms with Gasteiger partial charge < -0.3 is 10.4 Å². The second-order valence-corrected chi connectivity index (χ2v) is 5.81.